The van der Waals surface area contributed by atoms with Gasteiger partial charge in [0.2, 0.25) is 0 Å². The standard InChI is InChI=1S/C22H19Cl2N3O2S/c23-16-12-15(21(28)19(24)13-16)14-25-17-3-5-18(6-4-17)26-7-9-27(10-8-26)22(29)20-2-1-11-30-20/h1-6,11-14,28H,7-10H2. The first-order valence-electron chi connectivity index (χ1n) is 9.41. The van der Waals surface area contributed by atoms with E-state index in [0.29, 0.717) is 23.7 Å². The zero-order valence-electron chi connectivity index (χ0n) is 16.0. The van der Waals surface area contributed by atoms with Crippen LogP contribution in [-0.2, 0) is 0 Å². The summed E-state index contributed by atoms with van der Waals surface area (Å²) < 4.78 is 0. The number of benzene rings is 2. The normalized spacial score (nSPS) is 14.5. The fraction of sp³-hybridized carbons (Fsp3) is 0.182. The summed E-state index contributed by atoms with van der Waals surface area (Å²) in [6.07, 6.45) is 1.54. The monoisotopic (exact) mass is 459 g/mol. The molecule has 2 aromatic carbocycles. The number of rotatable bonds is 4. The Kier molecular flexibility index (Phi) is 6.27. The second-order valence-corrected chi connectivity index (χ2v) is 8.65. The minimum atomic E-state index is -0.0450. The molecule has 0 unspecified atom stereocenters. The Morgan fingerprint density at radius 1 is 1.07 bits per heavy atom. The van der Waals surface area contributed by atoms with Crippen LogP contribution in [0.15, 0.2) is 58.9 Å². The quantitative estimate of drug-likeness (QED) is 0.525. The highest BCUT2D eigenvalue weighted by Crippen LogP contribution is 2.30. The Hall–Kier alpha value is -2.54. The van der Waals surface area contributed by atoms with Crippen LogP contribution in [0.5, 0.6) is 5.75 Å². The van der Waals surface area contributed by atoms with Crippen LogP contribution in [0.1, 0.15) is 15.2 Å². The van der Waals surface area contributed by atoms with E-state index >= 15 is 0 Å². The van der Waals surface area contributed by atoms with Gasteiger partial charge in [-0.1, -0.05) is 29.3 Å². The van der Waals surface area contributed by atoms with Crippen molar-refractivity contribution < 1.29 is 9.90 Å². The molecule has 1 aliphatic heterocycles. The molecule has 1 saturated heterocycles. The molecule has 0 bridgehead atoms. The van der Waals surface area contributed by atoms with Gasteiger partial charge in [-0.05, 0) is 47.8 Å². The maximum Gasteiger partial charge on any atom is 0.264 e. The molecule has 0 atom stereocenters. The number of piperazine rings is 1. The molecule has 3 aromatic rings. The Morgan fingerprint density at radius 2 is 1.80 bits per heavy atom. The Morgan fingerprint density at radius 3 is 2.47 bits per heavy atom. The van der Waals surface area contributed by atoms with Gasteiger partial charge in [0.15, 0.2) is 0 Å². The summed E-state index contributed by atoms with van der Waals surface area (Å²) in [5.74, 6) is 0.0649. The number of phenolic OH excluding ortho intramolecular Hbond substituents is 1. The first-order chi connectivity index (χ1) is 14.5. The van der Waals surface area contributed by atoms with Crippen LogP contribution >= 0.6 is 34.5 Å². The van der Waals surface area contributed by atoms with E-state index in [1.54, 1.807) is 6.07 Å². The fourth-order valence-electron chi connectivity index (χ4n) is 3.30. The van der Waals surface area contributed by atoms with E-state index in [4.69, 9.17) is 23.2 Å². The molecule has 1 N–H and O–H groups in total. The van der Waals surface area contributed by atoms with Gasteiger partial charge >= 0.3 is 0 Å². The van der Waals surface area contributed by atoms with E-state index in [9.17, 15) is 9.90 Å². The van der Waals surface area contributed by atoms with Crippen molar-refractivity contribution in [3.05, 3.63) is 74.4 Å². The van der Waals surface area contributed by atoms with Gasteiger partial charge in [0.25, 0.3) is 5.91 Å². The summed E-state index contributed by atoms with van der Waals surface area (Å²) in [6, 6.07) is 14.7. The molecule has 0 saturated carbocycles. The van der Waals surface area contributed by atoms with Gasteiger partial charge in [-0.15, -0.1) is 11.3 Å². The molecule has 1 aromatic heterocycles. The van der Waals surface area contributed by atoms with Gasteiger partial charge in [-0.2, -0.15) is 0 Å². The van der Waals surface area contributed by atoms with Crippen LogP contribution < -0.4 is 4.90 Å². The van der Waals surface area contributed by atoms with E-state index in [2.05, 4.69) is 9.89 Å². The van der Waals surface area contributed by atoms with Gasteiger partial charge < -0.3 is 14.9 Å². The van der Waals surface area contributed by atoms with Gasteiger partial charge in [-0.25, -0.2) is 0 Å². The topological polar surface area (TPSA) is 56.1 Å². The number of anilines is 1. The highest BCUT2D eigenvalue weighted by molar-refractivity contribution is 7.12. The summed E-state index contributed by atoms with van der Waals surface area (Å²) >= 11 is 13.4. The lowest BCUT2D eigenvalue weighted by Crippen LogP contribution is -2.48. The SMILES string of the molecule is O=C(c1cccs1)N1CCN(c2ccc(N=Cc3cc(Cl)cc(Cl)c3O)cc2)CC1. The van der Waals surface area contributed by atoms with Gasteiger partial charge in [0, 0.05) is 48.7 Å². The number of phenols is 1. The van der Waals surface area contributed by atoms with Crippen molar-refractivity contribution in [3.63, 3.8) is 0 Å². The molecule has 4 rings (SSSR count). The molecule has 2 heterocycles. The van der Waals surface area contributed by atoms with Crippen LogP contribution in [0.3, 0.4) is 0 Å². The van der Waals surface area contributed by atoms with Crippen molar-refractivity contribution in [1.29, 1.82) is 0 Å². The lowest BCUT2D eigenvalue weighted by Gasteiger charge is -2.36. The molecule has 30 heavy (non-hydrogen) atoms. The number of amides is 1. The number of nitrogens with zero attached hydrogens (tertiary/aromatic N) is 3. The maximum absolute atomic E-state index is 12.5. The molecular weight excluding hydrogens is 441 g/mol. The van der Waals surface area contributed by atoms with E-state index in [-0.39, 0.29) is 16.7 Å². The van der Waals surface area contributed by atoms with Crippen LogP contribution in [0.25, 0.3) is 0 Å². The van der Waals surface area contributed by atoms with Crippen LogP contribution in [0.2, 0.25) is 10.0 Å². The zero-order chi connectivity index (χ0) is 21.1. The number of carbonyl (C=O) groups is 1. The molecular formula is C22H19Cl2N3O2S. The predicted molar refractivity (Wildman–Crippen MR) is 124 cm³/mol. The largest absolute Gasteiger partial charge is 0.506 e. The van der Waals surface area contributed by atoms with Gasteiger partial charge in [-0.3, -0.25) is 9.79 Å². The maximum atomic E-state index is 12.5. The summed E-state index contributed by atoms with van der Waals surface area (Å²) in [4.78, 5) is 21.8. The van der Waals surface area contributed by atoms with Crippen molar-refractivity contribution in [3.8, 4) is 5.75 Å². The molecule has 154 valence electrons. The van der Waals surface area contributed by atoms with Crippen molar-refractivity contribution in [2.24, 2.45) is 4.99 Å². The average molecular weight is 460 g/mol. The summed E-state index contributed by atoms with van der Waals surface area (Å²) in [5.41, 5.74) is 2.30. The molecule has 1 aliphatic rings. The Bertz CT molecular complexity index is 1060. The molecule has 0 spiro atoms. The van der Waals surface area contributed by atoms with Crippen molar-refractivity contribution in [2.45, 2.75) is 0 Å². The minimum Gasteiger partial charge on any atom is -0.506 e. The zero-order valence-corrected chi connectivity index (χ0v) is 18.3. The summed E-state index contributed by atoms with van der Waals surface area (Å²) in [7, 11) is 0. The third-order valence-electron chi connectivity index (χ3n) is 4.92. The molecule has 0 radical (unpaired) electrons. The number of aliphatic imine (C=N–C) groups is 1. The average Bonchev–Trinajstić information content (AvgIpc) is 3.30. The molecule has 8 heteroatoms. The number of carbonyl (C=O) groups excluding carboxylic acids is 1. The summed E-state index contributed by atoms with van der Waals surface area (Å²) in [6.45, 7) is 2.97. The van der Waals surface area contributed by atoms with Crippen LogP contribution in [-0.4, -0.2) is 48.3 Å². The second-order valence-electron chi connectivity index (χ2n) is 6.86. The lowest BCUT2D eigenvalue weighted by atomic mass is 10.2. The third-order valence-corrected chi connectivity index (χ3v) is 6.29. The molecule has 0 aliphatic carbocycles. The Labute approximate surface area is 188 Å². The molecule has 5 nitrogen and oxygen atoms in total. The van der Waals surface area contributed by atoms with E-state index in [1.165, 1.54) is 23.6 Å². The molecule has 1 amide bonds. The highest BCUT2D eigenvalue weighted by Gasteiger charge is 2.22. The van der Waals surface area contributed by atoms with Gasteiger partial charge in [0.05, 0.1) is 15.6 Å². The predicted octanol–water partition coefficient (Wildman–Crippen LogP) is 5.47. The first kappa shape index (κ1) is 20.7. The third kappa shape index (κ3) is 4.61. The summed E-state index contributed by atoms with van der Waals surface area (Å²) in [5, 5.41) is 12.6. The number of hydrogen-bond acceptors (Lipinski definition) is 5. The van der Waals surface area contributed by atoms with Crippen LogP contribution in [0, 0.1) is 0 Å². The number of thiophene rings is 1. The minimum absolute atomic E-state index is 0.0450. The smallest absolute Gasteiger partial charge is 0.264 e. The van der Waals surface area contributed by atoms with E-state index in [1.807, 2.05) is 46.7 Å². The van der Waals surface area contributed by atoms with Gasteiger partial charge in [0.1, 0.15) is 5.75 Å². The van der Waals surface area contributed by atoms with E-state index < -0.39 is 0 Å². The van der Waals surface area contributed by atoms with Crippen molar-refractivity contribution >= 4 is 58.0 Å². The first-order valence-corrected chi connectivity index (χ1v) is 11.0. The van der Waals surface area contributed by atoms with Crippen molar-refractivity contribution in [1.82, 2.24) is 4.90 Å². The molecule has 1 fully saturated rings. The lowest BCUT2D eigenvalue weighted by molar-refractivity contribution is 0.0751. The number of aromatic hydroxyl groups is 1. The van der Waals surface area contributed by atoms with E-state index in [0.717, 1.165) is 29.3 Å². The fourth-order valence-corrected chi connectivity index (χ4v) is 4.50. The number of hydrogen-bond donors (Lipinski definition) is 1. The highest BCUT2D eigenvalue weighted by atomic mass is 35.5. The second kappa shape index (κ2) is 9.08. The van der Waals surface area contributed by atoms with Crippen LogP contribution in [0.4, 0.5) is 11.4 Å². The number of halogens is 2. The Balaban J connectivity index is 1.38. The van der Waals surface area contributed by atoms with Crippen molar-refractivity contribution in [2.75, 3.05) is 31.1 Å².